The number of benzene rings is 2. The van der Waals surface area contributed by atoms with Crippen molar-refractivity contribution in [3.05, 3.63) is 71.1 Å². The molecule has 2 aromatic rings. The van der Waals surface area contributed by atoms with Gasteiger partial charge >= 0.3 is 191 Å². The number of nitrogens with zero attached hydrogens (tertiary/aromatic N) is 1. The number of fused-ring (bicyclic) bond motifs is 1. The second-order valence-electron chi connectivity index (χ2n) is 8.14. The van der Waals surface area contributed by atoms with Crippen molar-refractivity contribution in [2.24, 2.45) is 5.92 Å². The van der Waals surface area contributed by atoms with Crippen LogP contribution in [0.2, 0.25) is 4.82 Å². The van der Waals surface area contributed by atoms with Gasteiger partial charge in [-0.25, -0.2) is 0 Å². The molecule has 1 amide bonds. The van der Waals surface area contributed by atoms with Gasteiger partial charge in [-0.15, -0.1) is 0 Å². The summed E-state index contributed by atoms with van der Waals surface area (Å²) in [5.41, 5.74) is 1.85. The number of ether oxygens (including phenoxy) is 1. The van der Waals surface area contributed by atoms with Crippen LogP contribution in [0.5, 0.6) is 0 Å². The van der Waals surface area contributed by atoms with Crippen LogP contribution in [-0.2, 0) is 14.6 Å². The topological polar surface area (TPSA) is 63.7 Å². The third-order valence-corrected chi connectivity index (χ3v) is 10.5. The number of sulfone groups is 1. The molecule has 0 radical (unpaired) electrons. The Labute approximate surface area is 190 Å². The van der Waals surface area contributed by atoms with Gasteiger partial charge < -0.3 is 0 Å². The molecule has 1 heterocycles. The number of methoxy groups -OCH3 is 1. The van der Waals surface area contributed by atoms with E-state index in [9.17, 15) is 13.2 Å². The first-order chi connectivity index (χ1) is 14.9. The van der Waals surface area contributed by atoms with E-state index < -0.39 is 9.84 Å². The Kier molecular flexibility index (Phi) is 6.56. The van der Waals surface area contributed by atoms with Crippen molar-refractivity contribution >= 4 is 35.3 Å². The predicted molar refractivity (Wildman–Crippen MR) is 122 cm³/mol. The Balaban J connectivity index is 1.71. The summed E-state index contributed by atoms with van der Waals surface area (Å²) < 4.78 is 32.7. The number of aryl methyl sites for hydroxylation is 1. The van der Waals surface area contributed by atoms with Gasteiger partial charge in [-0.1, -0.05) is 0 Å². The van der Waals surface area contributed by atoms with Crippen molar-refractivity contribution < 1.29 is 17.9 Å². The molecule has 164 valence electrons. The van der Waals surface area contributed by atoms with Gasteiger partial charge in [-0.3, -0.25) is 0 Å². The van der Waals surface area contributed by atoms with Gasteiger partial charge in [0.05, 0.1) is 0 Å². The van der Waals surface area contributed by atoms with E-state index >= 15 is 0 Å². The van der Waals surface area contributed by atoms with Crippen LogP contribution in [0.15, 0.2) is 70.5 Å². The number of hydrogen-bond donors (Lipinski definition) is 0. The van der Waals surface area contributed by atoms with Crippen molar-refractivity contribution in [3.8, 4) is 0 Å². The molecule has 0 unspecified atom stereocenters. The average molecular weight is 505 g/mol. The summed E-state index contributed by atoms with van der Waals surface area (Å²) in [6, 6.07) is 17.3. The van der Waals surface area contributed by atoms with E-state index in [0.717, 1.165) is 30.4 Å². The van der Waals surface area contributed by atoms with E-state index in [1.54, 1.807) is 17.0 Å². The molecule has 2 fully saturated rings. The van der Waals surface area contributed by atoms with Gasteiger partial charge in [0.25, 0.3) is 0 Å². The molecule has 1 saturated heterocycles. The molecule has 1 aliphatic carbocycles. The van der Waals surface area contributed by atoms with Crippen molar-refractivity contribution in [1.29, 1.82) is 0 Å². The van der Waals surface area contributed by atoms with Crippen molar-refractivity contribution in [2.45, 2.75) is 41.9 Å². The molecule has 3 atom stereocenters. The second-order valence-corrected chi connectivity index (χ2v) is 12.7. The van der Waals surface area contributed by atoms with Gasteiger partial charge in [0, 0.05) is 0 Å². The molecule has 1 aliphatic heterocycles. The zero-order valence-corrected chi connectivity index (χ0v) is 20.3. The van der Waals surface area contributed by atoms with E-state index in [-0.39, 0.29) is 33.0 Å². The molecule has 0 N–H and O–H groups in total. The second kappa shape index (κ2) is 9.19. The summed E-state index contributed by atoms with van der Waals surface area (Å²) in [5.74, 6) is 0.0493. The van der Waals surface area contributed by atoms with E-state index in [1.165, 1.54) is 17.0 Å². The van der Waals surface area contributed by atoms with Gasteiger partial charge in [-0.05, 0) is 0 Å². The van der Waals surface area contributed by atoms with Gasteiger partial charge in [0.2, 0.25) is 0 Å². The van der Waals surface area contributed by atoms with Crippen LogP contribution in [0.3, 0.4) is 0 Å². The molecular weight excluding hydrogens is 477 g/mol. The third kappa shape index (κ3) is 4.74. The molecule has 0 spiro atoms. The third-order valence-electron chi connectivity index (χ3n) is 6.08. The molecule has 4 rings (SSSR count). The predicted octanol–water partition coefficient (Wildman–Crippen LogP) is 3.72. The zero-order chi connectivity index (χ0) is 22.0. The first-order valence-electron chi connectivity index (χ1n) is 10.5. The number of hydrogen-bond acceptors (Lipinski definition) is 4. The first-order valence-corrected chi connectivity index (χ1v) is 13.9. The summed E-state index contributed by atoms with van der Waals surface area (Å²) in [4.78, 5) is 14.9. The molecule has 0 bridgehead atoms. The molecule has 2 aromatic carbocycles. The fourth-order valence-corrected chi connectivity index (χ4v) is 8.95. The van der Waals surface area contributed by atoms with Crippen molar-refractivity contribution in [3.63, 3.8) is 0 Å². The Hall–Kier alpha value is -2.08. The SMILES string of the molecule is COC(=O)N1C/C(=C\S(=O)(=O)c2ccc(C)cc2)[C@@H]2[C@@H]([Se]c3ccccc3)CCC[C@@H]21. The number of amides is 1. The molecule has 2 aliphatic rings. The average Bonchev–Trinajstić information content (AvgIpc) is 3.13. The van der Waals surface area contributed by atoms with Crippen LogP contribution >= 0.6 is 0 Å². The maximum absolute atomic E-state index is 13.2. The number of likely N-dealkylation sites (tertiary alicyclic amines) is 1. The number of carbonyl (C=O) groups is 1. The first kappa shape index (κ1) is 22.1. The molecular formula is C24H27NO4SSe. The van der Waals surface area contributed by atoms with Gasteiger partial charge in [0.15, 0.2) is 0 Å². The summed E-state index contributed by atoms with van der Waals surface area (Å²) in [6.07, 6.45) is 2.58. The minimum atomic E-state index is -3.60. The van der Waals surface area contributed by atoms with E-state index in [0.29, 0.717) is 16.3 Å². The monoisotopic (exact) mass is 505 g/mol. The van der Waals surface area contributed by atoms with Crippen molar-refractivity contribution in [2.75, 3.05) is 13.7 Å². The van der Waals surface area contributed by atoms with Crippen LogP contribution in [-0.4, -0.2) is 54.1 Å². The van der Waals surface area contributed by atoms with Crippen molar-refractivity contribution in [1.82, 2.24) is 4.90 Å². The zero-order valence-electron chi connectivity index (χ0n) is 17.7. The molecule has 31 heavy (non-hydrogen) atoms. The van der Waals surface area contributed by atoms with E-state index in [4.69, 9.17) is 4.74 Å². The van der Waals surface area contributed by atoms with Crippen LogP contribution in [0.25, 0.3) is 0 Å². The van der Waals surface area contributed by atoms with Crippen LogP contribution in [0.1, 0.15) is 24.8 Å². The van der Waals surface area contributed by atoms with E-state index in [2.05, 4.69) is 12.1 Å². The Morgan fingerprint density at radius 1 is 1.10 bits per heavy atom. The fourth-order valence-electron chi connectivity index (χ4n) is 4.62. The summed E-state index contributed by atoms with van der Waals surface area (Å²) >= 11 is 0.198. The fraction of sp³-hybridized carbons (Fsp3) is 0.375. The van der Waals surface area contributed by atoms with Crippen LogP contribution in [0, 0.1) is 12.8 Å². The summed E-state index contributed by atoms with van der Waals surface area (Å²) in [6.45, 7) is 2.25. The Morgan fingerprint density at radius 2 is 1.81 bits per heavy atom. The Morgan fingerprint density at radius 3 is 2.48 bits per heavy atom. The molecule has 7 heteroatoms. The molecule has 0 aromatic heterocycles. The number of carbonyl (C=O) groups excluding carboxylic acids is 1. The Bertz CT molecular complexity index is 1070. The normalized spacial score (nSPS) is 24.8. The van der Waals surface area contributed by atoms with Gasteiger partial charge in [0.1, 0.15) is 0 Å². The number of rotatable bonds is 4. The molecule has 5 nitrogen and oxygen atoms in total. The van der Waals surface area contributed by atoms with Crippen LogP contribution in [0.4, 0.5) is 4.79 Å². The quantitative estimate of drug-likeness (QED) is 0.596. The van der Waals surface area contributed by atoms with E-state index in [1.807, 2.05) is 37.3 Å². The maximum atomic E-state index is 13.2. The standard InChI is InChI=1S/C24H27NO4SSe/c1-17-11-13-19(14-12-17)30(27,28)16-18-15-25(24(26)29-2)21-9-6-10-22(23(18)21)31-20-7-4-3-5-8-20/h3-5,7-8,11-14,16,21-23H,6,9-10,15H2,1-2H3/b18-16+/t21-,22-,23-/m0/s1. The minimum absolute atomic E-state index is 0.00347. The van der Waals surface area contributed by atoms with Crippen LogP contribution < -0.4 is 4.46 Å². The molecule has 1 saturated carbocycles. The van der Waals surface area contributed by atoms with Gasteiger partial charge in [-0.2, -0.15) is 0 Å². The summed E-state index contributed by atoms with van der Waals surface area (Å²) in [7, 11) is -2.21. The summed E-state index contributed by atoms with van der Waals surface area (Å²) in [5, 5.41) is 1.43.